The van der Waals surface area contributed by atoms with Crippen molar-refractivity contribution >= 4 is 34.8 Å². The average Bonchev–Trinajstić information content (AvgIpc) is 2.33. The van der Waals surface area contributed by atoms with Crippen LogP contribution in [0.2, 0.25) is 10.0 Å². The number of carbonyl (C=O) groups excluding carboxylic acids is 1. The second-order valence-corrected chi connectivity index (χ2v) is 4.82. The molecule has 1 amide bonds. The number of hydrogen-bond acceptors (Lipinski definition) is 3. The molecule has 1 aromatic heterocycles. The minimum atomic E-state index is -0.269. The van der Waals surface area contributed by atoms with Crippen molar-refractivity contribution in [3.05, 3.63) is 51.5 Å². The third kappa shape index (κ3) is 3.03. The van der Waals surface area contributed by atoms with Crippen LogP contribution in [0.4, 0.5) is 5.69 Å². The van der Waals surface area contributed by atoms with Crippen molar-refractivity contribution in [2.24, 2.45) is 0 Å². The van der Waals surface area contributed by atoms with Gasteiger partial charge >= 0.3 is 0 Å². The average molecular weight is 296 g/mol. The molecule has 0 aliphatic heterocycles. The Morgan fingerprint density at radius 2 is 1.74 bits per heavy atom. The number of rotatable bonds is 2. The predicted octanol–water partition coefficient (Wildman–Crippen LogP) is 3.65. The van der Waals surface area contributed by atoms with Crippen molar-refractivity contribution in [2.75, 3.05) is 5.32 Å². The molecule has 0 fully saturated rings. The summed E-state index contributed by atoms with van der Waals surface area (Å²) in [5.74, 6) is -0.269. The number of amides is 1. The van der Waals surface area contributed by atoms with Crippen LogP contribution >= 0.6 is 23.2 Å². The van der Waals surface area contributed by atoms with Gasteiger partial charge in [0.15, 0.2) is 0 Å². The summed E-state index contributed by atoms with van der Waals surface area (Å²) in [5, 5.41) is 3.57. The molecule has 0 unspecified atom stereocenters. The lowest BCUT2D eigenvalue weighted by molar-refractivity contribution is 0.102. The first-order valence-corrected chi connectivity index (χ1v) is 6.29. The highest BCUT2D eigenvalue weighted by Gasteiger charge is 2.14. The Kier molecular flexibility index (Phi) is 4.02. The van der Waals surface area contributed by atoms with E-state index in [2.05, 4.69) is 15.3 Å². The van der Waals surface area contributed by atoms with E-state index in [0.29, 0.717) is 32.7 Å². The summed E-state index contributed by atoms with van der Waals surface area (Å²) >= 11 is 11.7. The fourth-order valence-corrected chi connectivity index (χ4v) is 1.99. The first kappa shape index (κ1) is 13.8. The van der Waals surface area contributed by atoms with Gasteiger partial charge in [0.25, 0.3) is 5.91 Å². The predicted molar refractivity (Wildman–Crippen MR) is 75.9 cm³/mol. The van der Waals surface area contributed by atoms with E-state index in [1.807, 2.05) is 0 Å². The quantitative estimate of drug-likeness (QED) is 0.920. The van der Waals surface area contributed by atoms with Crippen LogP contribution in [0.1, 0.15) is 21.7 Å². The standard InChI is InChI=1S/C13H11Cl2N3O/c1-7-12(8(2)17-6-16-7)13(19)18-9-3-4-10(14)11(15)5-9/h3-6H,1-2H3,(H,18,19). The molecular weight excluding hydrogens is 285 g/mol. The summed E-state index contributed by atoms with van der Waals surface area (Å²) in [5.41, 5.74) is 2.30. The molecule has 4 nitrogen and oxygen atoms in total. The van der Waals surface area contributed by atoms with Crippen molar-refractivity contribution < 1.29 is 4.79 Å². The van der Waals surface area contributed by atoms with Crippen LogP contribution in [0, 0.1) is 13.8 Å². The summed E-state index contributed by atoms with van der Waals surface area (Å²) in [4.78, 5) is 20.2. The van der Waals surface area contributed by atoms with Crippen LogP contribution in [0.5, 0.6) is 0 Å². The molecule has 0 atom stereocenters. The summed E-state index contributed by atoms with van der Waals surface area (Å²) in [6, 6.07) is 4.90. The topological polar surface area (TPSA) is 54.9 Å². The molecule has 1 aromatic carbocycles. The van der Waals surface area contributed by atoms with Gasteiger partial charge in [-0.25, -0.2) is 9.97 Å². The first-order chi connectivity index (χ1) is 8.99. The summed E-state index contributed by atoms with van der Waals surface area (Å²) in [6.45, 7) is 3.52. The smallest absolute Gasteiger partial charge is 0.259 e. The molecule has 6 heteroatoms. The lowest BCUT2D eigenvalue weighted by Gasteiger charge is -2.09. The Balaban J connectivity index is 2.28. The summed E-state index contributed by atoms with van der Waals surface area (Å²) < 4.78 is 0. The van der Waals surface area contributed by atoms with E-state index >= 15 is 0 Å². The highest BCUT2D eigenvalue weighted by Crippen LogP contribution is 2.25. The van der Waals surface area contributed by atoms with Crippen molar-refractivity contribution in [2.45, 2.75) is 13.8 Å². The number of benzene rings is 1. The van der Waals surface area contributed by atoms with Gasteiger partial charge in [0, 0.05) is 5.69 Å². The van der Waals surface area contributed by atoms with Gasteiger partial charge in [-0.2, -0.15) is 0 Å². The zero-order chi connectivity index (χ0) is 14.0. The molecule has 1 heterocycles. The van der Waals surface area contributed by atoms with E-state index in [-0.39, 0.29) is 5.91 Å². The lowest BCUT2D eigenvalue weighted by Crippen LogP contribution is -2.16. The van der Waals surface area contributed by atoms with Gasteiger partial charge in [-0.1, -0.05) is 23.2 Å². The lowest BCUT2D eigenvalue weighted by atomic mass is 10.1. The Morgan fingerprint density at radius 1 is 1.11 bits per heavy atom. The monoisotopic (exact) mass is 295 g/mol. The molecule has 0 bridgehead atoms. The van der Waals surface area contributed by atoms with Gasteiger partial charge in [-0.3, -0.25) is 4.79 Å². The van der Waals surface area contributed by atoms with Gasteiger partial charge < -0.3 is 5.32 Å². The fraction of sp³-hybridized carbons (Fsp3) is 0.154. The SMILES string of the molecule is Cc1ncnc(C)c1C(=O)Nc1ccc(Cl)c(Cl)c1. The number of carbonyl (C=O) groups is 1. The summed E-state index contributed by atoms with van der Waals surface area (Å²) in [6.07, 6.45) is 1.43. The van der Waals surface area contributed by atoms with Crippen molar-refractivity contribution in [3.63, 3.8) is 0 Å². The number of anilines is 1. The number of nitrogens with zero attached hydrogens (tertiary/aromatic N) is 2. The Hall–Kier alpha value is -1.65. The fourth-order valence-electron chi connectivity index (χ4n) is 1.69. The van der Waals surface area contributed by atoms with Gasteiger partial charge in [0.05, 0.1) is 27.0 Å². The van der Waals surface area contributed by atoms with Crippen LogP contribution in [0.15, 0.2) is 24.5 Å². The Morgan fingerprint density at radius 3 is 2.32 bits per heavy atom. The Bertz CT molecular complexity index is 624. The molecule has 19 heavy (non-hydrogen) atoms. The summed E-state index contributed by atoms with van der Waals surface area (Å²) in [7, 11) is 0. The molecule has 2 rings (SSSR count). The van der Waals surface area contributed by atoms with E-state index in [0.717, 1.165) is 0 Å². The van der Waals surface area contributed by atoms with Crippen molar-refractivity contribution in [3.8, 4) is 0 Å². The minimum Gasteiger partial charge on any atom is -0.322 e. The van der Waals surface area contributed by atoms with E-state index < -0.39 is 0 Å². The maximum atomic E-state index is 12.2. The van der Waals surface area contributed by atoms with Gasteiger partial charge in [-0.15, -0.1) is 0 Å². The molecule has 2 aromatic rings. The zero-order valence-electron chi connectivity index (χ0n) is 10.4. The molecular formula is C13H11Cl2N3O. The van der Waals surface area contributed by atoms with Gasteiger partial charge in [0.1, 0.15) is 6.33 Å². The second-order valence-electron chi connectivity index (χ2n) is 4.00. The van der Waals surface area contributed by atoms with Crippen molar-refractivity contribution in [1.29, 1.82) is 0 Å². The highest BCUT2D eigenvalue weighted by atomic mass is 35.5. The number of aryl methyl sites for hydroxylation is 2. The third-order valence-electron chi connectivity index (χ3n) is 2.63. The second kappa shape index (κ2) is 5.55. The molecule has 0 spiro atoms. The number of nitrogens with one attached hydrogen (secondary N) is 1. The maximum Gasteiger partial charge on any atom is 0.259 e. The first-order valence-electron chi connectivity index (χ1n) is 5.53. The molecule has 0 aliphatic carbocycles. The van der Waals surface area contributed by atoms with Crippen LogP contribution in [0.25, 0.3) is 0 Å². The third-order valence-corrected chi connectivity index (χ3v) is 3.37. The van der Waals surface area contributed by atoms with Crippen LogP contribution < -0.4 is 5.32 Å². The molecule has 0 saturated carbocycles. The van der Waals surface area contributed by atoms with Crippen LogP contribution in [-0.4, -0.2) is 15.9 Å². The van der Waals surface area contributed by atoms with E-state index in [1.165, 1.54) is 6.33 Å². The van der Waals surface area contributed by atoms with Gasteiger partial charge in [-0.05, 0) is 32.0 Å². The minimum absolute atomic E-state index is 0.269. The zero-order valence-corrected chi connectivity index (χ0v) is 11.9. The van der Waals surface area contributed by atoms with E-state index in [4.69, 9.17) is 23.2 Å². The number of aromatic nitrogens is 2. The Labute approximate surface area is 120 Å². The van der Waals surface area contributed by atoms with Crippen LogP contribution in [0.3, 0.4) is 0 Å². The molecule has 0 aliphatic rings. The van der Waals surface area contributed by atoms with E-state index in [1.54, 1.807) is 32.0 Å². The maximum absolute atomic E-state index is 12.2. The van der Waals surface area contributed by atoms with Crippen molar-refractivity contribution in [1.82, 2.24) is 9.97 Å². The molecule has 98 valence electrons. The van der Waals surface area contributed by atoms with Crippen LogP contribution in [-0.2, 0) is 0 Å². The van der Waals surface area contributed by atoms with E-state index in [9.17, 15) is 4.79 Å². The number of halogens is 2. The van der Waals surface area contributed by atoms with Gasteiger partial charge in [0.2, 0.25) is 0 Å². The highest BCUT2D eigenvalue weighted by molar-refractivity contribution is 6.42. The molecule has 0 radical (unpaired) electrons. The largest absolute Gasteiger partial charge is 0.322 e. The normalized spacial score (nSPS) is 10.3. The molecule has 1 N–H and O–H groups in total. The number of hydrogen-bond donors (Lipinski definition) is 1. The molecule has 0 saturated heterocycles.